The van der Waals surface area contributed by atoms with Crippen molar-refractivity contribution in [3.8, 4) is 0 Å². The standard InChI is InChI=1S/C23H28Cl2N2O2/c1-4-16(2)26-23(29)17(3)27(15-19-10-12-20(24)21(25)14-19)22(28)13-11-18-8-6-5-7-9-18/h5-10,12,14,16-17H,4,11,13,15H2,1-3H3,(H,26,29)/t16-,17+/m0/s1. The third-order valence-corrected chi connectivity index (χ3v) is 5.71. The van der Waals surface area contributed by atoms with Gasteiger partial charge >= 0.3 is 0 Å². The molecule has 2 rings (SSSR count). The number of nitrogens with zero attached hydrogens (tertiary/aromatic N) is 1. The van der Waals surface area contributed by atoms with Gasteiger partial charge in [-0.3, -0.25) is 9.59 Å². The fraction of sp³-hybridized carbons (Fsp3) is 0.391. The first-order valence-electron chi connectivity index (χ1n) is 9.89. The first kappa shape index (κ1) is 23.2. The third kappa shape index (κ3) is 7.06. The van der Waals surface area contributed by atoms with Gasteiger partial charge in [0.2, 0.25) is 11.8 Å². The van der Waals surface area contributed by atoms with Crippen LogP contribution >= 0.6 is 23.2 Å². The van der Waals surface area contributed by atoms with E-state index < -0.39 is 6.04 Å². The number of benzene rings is 2. The lowest BCUT2D eigenvalue weighted by Gasteiger charge is -2.30. The number of halogens is 2. The summed E-state index contributed by atoms with van der Waals surface area (Å²) in [7, 11) is 0. The highest BCUT2D eigenvalue weighted by Crippen LogP contribution is 2.24. The normalized spacial score (nSPS) is 12.9. The van der Waals surface area contributed by atoms with E-state index in [0.717, 1.165) is 17.5 Å². The molecule has 2 aromatic carbocycles. The molecule has 6 heteroatoms. The Labute approximate surface area is 183 Å². The Morgan fingerprint density at radius 1 is 1.00 bits per heavy atom. The van der Waals surface area contributed by atoms with E-state index in [0.29, 0.717) is 29.4 Å². The van der Waals surface area contributed by atoms with Crippen LogP contribution in [-0.4, -0.2) is 28.8 Å². The van der Waals surface area contributed by atoms with Crippen molar-refractivity contribution in [2.24, 2.45) is 0 Å². The lowest BCUT2D eigenvalue weighted by Crippen LogP contribution is -2.49. The molecule has 2 aromatic rings. The van der Waals surface area contributed by atoms with Crippen molar-refractivity contribution in [3.63, 3.8) is 0 Å². The van der Waals surface area contributed by atoms with E-state index in [1.54, 1.807) is 24.0 Å². The summed E-state index contributed by atoms with van der Waals surface area (Å²) in [5.41, 5.74) is 1.92. The number of rotatable bonds is 9. The second-order valence-electron chi connectivity index (χ2n) is 7.25. The van der Waals surface area contributed by atoms with E-state index >= 15 is 0 Å². The Hall–Kier alpha value is -2.04. The van der Waals surface area contributed by atoms with Crippen LogP contribution < -0.4 is 5.32 Å². The van der Waals surface area contributed by atoms with Gasteiger partial charge in [-0.05, 0) is 49.9 Å². The van der Waals surface area contributed by atoms with Crippen LogP contribution in [0.3, 0.4) is 0 Å². The van der Waals surface area contributed by atoms with Gasteiger partial charge in [-0.2, -0.15) is 0 Å². The summed E-state index contributed by atoms with van der Waals surface area (Å²) in [5.74, 6) is -0.237. The van der Waals surface area contributed by atoms with E-state index in [1.807, 2.05) is 50.2 Å². The Morgan fingerprint density at radius 3 is 2.31 bits per heavy atom. The molecule has 0 saturated heterocycles. The Kier molecular flexibility index (Phi) is 8.99. The first-order valence-corrected chi connectivity index (χ1v) is 10.6. The van der Waals surface area contributed by atoms with E-state index in [-0.39, 0.29) is 17.9 Å². The second kappa shape index (κ2) is 11.2. The molecular formula is C23H28Cl2N2O2. The van der Waals surface area contributed by atoms with E-state index in [1.165, 1.54) is 0 Å². The van der Waals surface area contributed by atoms with Crippen LogP contribution in [0.25, 0.3) is 0 Å². The molecule has 0 unspecified atom stereocenters. The van der Waals surface area contributed by atoms with E-state index in [9.17, 15) is 9.59 Å². The lowest BCUT2D eigenvalue weighted by molar-refractivity contribution is -0.140. The molecule has 0 radical (unpaired) electrons. The van der Waals surface area contributed by atoms with Crippen LogP contribution in [0.1, 0.15) is 44.7 Å². The SMILES string of the molecule is CC[C@H](C)NC(=O)[C@@H](C)N(Cc1ccc(Cl)c(Cl)c1)C(=O)CCc1ccccc1. The smallest absolute Gasteiger partial charge is 0.242 e. The molecule has 0 aliphatic carbocycles. The molecule has 4 nitrogen and oxygen atoms in total. The fourth-order valence-electron chi connectivity index (χ4n) is 2.92. The molecule has 0 aromatic heterocycles. The minimum atomic E-state index is -0.596. The number of amides is 2. The summed E-state index contributed by atoms with van der Waals surface area (Å²) in [6, 6.07) is 14.6. The highest BCUT2D eigenvalue weighted by Gasteiger charge is 2.26. The molecule has 0 aliphatic rings. The van der Waals surface area contributed by atoms with Gasteiger partial charge in [0.05, 0.1) is 10.0 Å². The maximum Gasteiger partial charge on any atom is 0.242 e. The van der Waals surface area contributed by atoms with Crippen LogP contribution in [0.5, 0.6) is 0 Å². The average Bonchev–Trinajstić information content (AvgIpc) is 2.72. The maximum absolute atomic E-state index is 13.1. The molecule has 0 saturated carbocycles. The molecule has 0 fully saturated rings. The van der Waals surface area contributed by atoms with Gasteiger partial charge in [0.15, 0.2) is 0 Å². The van der Waals surface area contributed by atoms with Gasteiger partial charge in [-0.25, -0.2) is 0 Å². The maximum atomic E-state index is 13.1. The zero-order valence-corrected chi connectivity index (χ0v) is 18.6. The molecule has 0 bridgehead atoms. The van der Waals surface area contributed by atoms with Gasteiger partial charge in [0.1, 0.15) is 6.04 Å². The monoisotopic (exact) mass is 434 g/mol. The summed E-state index contributed by atoms with van der Waals surface area (Å²) in [4.78, 5) is 27.4. The number of hydrogen-bond donors (Lipinski definition) is 1. The molecule has 1 N–H and O–H groups in total. The molecule has 0 aliphatic heterocycles. The quantitative estimate of drug-likeness (QED) is 0.584. The zero-order valence-electron chi connectivity index (χ0n) is 17.1. The van der Waals surface area contributed by atoms with Crippen molar-refractivity contribution in [2.45, 2.75) is 58.7 Å². The van der Waals surface area contributed by atoms with Crippen LogP contribution in [0.2, 0.25) is 10.0 Å². The van der Waals surface area contributed by atoms with Gasteiger partial charge in [0, 0.05) is 19.0 Å². The molecule has 29 heavy (non-hydrogen) atoms. The molecule has 2 atom stereocenters. The zero-order chi connectivity index (χ0) is 21.4. The molecule has 0 heterocycles. The number of carbonyl (C=O) groups excluding carboxylic acids is 2. The molecule has 156 valence electrons. The van der Waals surface area contributed by atoms with Gasteiger partial charge in [-0.15, -0.1) is 0 Å². The summed E-state index contributed by atoms with van der Waals surface area (Å²) < 4.78 is 0. The van der Waals surface area contributed by atoms with Crippen LogP contribution in [0.4, 0.5) is 0 Å². The first-order chi connectivity index (χ1) is 13.8. The Morgan fingerprint density at radius 2 is 1.69 bits per heavy atom. The molecular weight excluding hydrogens is 407 g/mol. The molecule has 0 spiro atoms. The average molecular weight is 435 g/mol. The summed E-state index contributed by atoms with van der Waals surface area (Å²) in [6.07, 6.45) is 1.77. The summed E-state index contributed by atoms with van der Waals surface area (Å²) in [6.45, 7) is 6.01. The third-order valence-electron chi connectivity index (χ3n) is 4.98. The topological polar surface area (TPSA) is 49.4 Å². The van der Waals surface area contributed by atoms with Gasteiger partial charge in [0.25, 0.3) is 0 Å². The number of hydrogen-bond acceptors (Lipinski definition) is 2. The number of carbonyl (C=O) groups is 2. The number of nitrogens with one attached hydrogen (secondary N) is 1. The van der Waals surface area contributed by atoms with E-state index in [4.69, 9.17) is 23.2 Å². The van der Waals surface area contributed by atoms with Crippen LogP contribution in [-0.2, 0) is 22.6 Å². The predicted molar refractivity (Wildman–Crippen MR) is 119 cm³/mol. The summed E-state index contributed by atoms with van der Waals surface area (Å²) >= 11 is 12.1. The van der Waals surface area contributed by atoms with E-state index in [2.05, 4.69) is 5.32 Å². The van der Waals surface area contributed by atoms with Crippen LogP contribution in [0.15, 0.2) is 48.5 Å². The van der Waals surface area contributed by atoms with Gasteiger partial charge in [-0.1, -0.05) is 66.5 Å². The van der Waals surface area contributed by atoms with Crippen molar-refractivity contribution in [1.82, 2.24) is 10.2 Å². The highest BCUT2D eigenvalue weighted by molar-refractivity contribution is 6.42. The highest BCUT2D eigenvalue weighted by atomic mass is 35.5. The lowest BCUT2D eigenvalue weighted by atomic mass is 10.1. The molecule has 2 amide bonds. The second-order valence-corrected chi connectivity index (χ2v) is 8.06. The minimum absolute atomic E-state index is 0.0520. The van der Waals surface area contributed by atoms with Crippen molar-refractivity contribution in [2.75, 3.05) is 0 Å². The summed E-state index contributed by atoms with van der Waals surface area (Å²) in [5, 5.41) is 3.85. The van der Waals surface area contributed by atoms with Crippen molar-refractivity contribution in [3.05, 3.63) is 69.7 Å². The van der Waals surface area contributed by atoms with Crippen molar-refractivity contribution in [1.29, 1.82) is 0 Å². The Bertz CT molecular complexity index is 827. The largest absolute Gasteiger partial charge is 0.352 e. The van der Waals surface area contributed by atoms with Gasteiger partial charge < -0.3 is 10.2 Å². The van der Waals surface area contributed by atoms with Crippen LogP contribution in [0, 0.1) is 0 Å². The Balaban J connectivity index is 2.17. The number of aryl methyl sites for hydroxylation is 1. The van der Waals surface area contributed by atoms with Crippen molar-refractivity contribution < 1.29 is 9.59 Å². The fourth-order valence-corrected chi connectivity index (χ4v) is 3.24. The predicted octanol–water partition coefficient (Wildman–Crippen LogP) is 5.26. The minimum Gasteiger partial charge on any atom is -0.352 e. The van der Waals surface area contributed by atoms with Crippen molar-refractivity contribution >= 4 is 35.0 Å².